The average Bonchev–Trinajstić information content (AvgIpc) is 2.71. The molecule has 3 nitrogen and oxygen atoms in total. The topological polar surface area (TPSA) is 44.5 Å². The molecule has 1 unspecified atom stereocenters. The number of ether oxygens (including phenoxy) is 2. The van der Waals surface area contributed by atoms with Crippen molar-refractivity contribution in [2.75, 3.05) is 12.5 Å². The highest BCUT2D eigenvalue weighted by molar-refractivity contribution is 7.98. The van der Waals surface area contributed by atoms with Gasteiger partial charge in [-0.3, -0.25) is 0 Å². The summed E-state index contributed by atoms with van der Waals surface area (Å²) in [6.07, 6.45) is 1.06. The third-order valence-corrected chi connectivity index (χ3v) is 3.49. The zero-order chi connectivity index (χ0) is 11.4. The van der Waals surface area contributed by atoms with Crippen molar-refractivity contribution in [1.29, 1.82) is 0 Å². The highest BCUT2D eigenvalue weighted by atomic mass is 32.2. The van der Waals surface area contributed by atoms with Crippen LogP contribution in [0.5, 0.6) is 11.5 Å². The van der Waals surface area contributed by atoms with E-state index in [1.807, 2.05) is 24.8 Å². The highest BCUT2D eigenvalue weighted by Crippen LogP contribution is 2.33. The van der Waals surface area contributed by atoms with Gasteiger partial charge in [0.05, 0.1) is 0 Å². The summed E-state index contributed by atoms with van der Waals surface area (Å²) in [6.45, 7) is 2.39. The van der Waals surface area contributed by atoms with Gasteiger partial charge in [0.25, 0.3) is 0 Å². The number of nitrogens with two attached hydrogens (primary N) is 1. The van der Waals surface area contributed by atoms with E-state index in [1.54, 1.807) is 0 Å². The lowest BCUT2D eigenvalue weighted by Gasteiger charge is -2.05. The first kappa shape index (κ1) is 11.6. The smallest absolute Gasteiger partial charge is 0.231 e. The summed E-state index contributed by atoms with van der Waals surface area (Å²) in [5.74, 6) is 3.82. The zero-order valence-electron chi connectivity index (χ0n) is 9.44. The Hall–Kier alpha value is -0.870. The summed E-state index contributed by atoms with van der Waals surface area (Å²) < 4.78 is 10.6. The van der Waals surface area contributed by atoms with Gasteiger partial charge in [-0.2, -0.15) is 11.8 Å². The van der Waals surface area contributed by atoms with Crippen LogP contribution in [-0.4, -0.2) is 18.6 Å². The number of thioether (sulfide) groups is 1. The molecule has 1 aromatic carbocycles. The third kappa shape index (κ3) is 3.06. The van der Waals surface area contributed by atoms with E-state index in [4.69, 9.17) is 15.2 Å². The number of hydrogen-bond donors (Lipinski definition) is 1. The molecule has 1 atom stereocenters. The molecule has 0 amide bonds. The molecule has 1 heterocycles. The second kappa shape index (κ2) is 5.46. The second-order valence-electron chi connectivity index (χ2n) is 4.01. The predicted molar refractivity (Wildman–Crippen MR) is 67.0 cm³/mol. The molecule has 0 aliphatic carbocycles. The monoisotopic (exact) mass is 239 g/mol. The molecular weight excluding hydrogens is 222 g/mol. The first-order valence-electron chi connectivity index (χ1n) is 5.47. The number of hydrogen-bond acceptors (Lipinski definition) is 4. The molecule has 16 heavy (non-hydrogen) atoms. The van der Waals surface area contributed by atoms with Gasteiger partial charge in [-0.15, -0.1) is 0 Å². The molecule has 0 spiro atoms. The number of fused-ring (bicyclic) bond motifs is 1. The normalized spacial score (nSPS) is 15.1. The van der Waals surface area contributed by atoms with Gasteiger partial charge in [0.2, 0.25) is 6.79 Å². The van der Waals surface area contributed by atoms with Crippen LogP contribution in [0.15, 0.2) is 18.2 Å². The van der Waals surface area contributed by atoms with Crippen LogP contribution < -0.4 is 15.2 Å². The van der Waals surface area contributed by atoms with Crippen molar-refractivity contribution in [3.8, 4) is 11.5 Å². The molecule has 4 heteroatoms. The fourth-order valence-electron chi connectivity index (χ4n) is 1.49. The van der Waals surface area contributed by atoms with Crippen LogP contribution in [-0.2, 0) is 5.75 Å². The van der Waals surface area contributed by atoms with Crippen LogP contribution in [0.25, 0.3) is 0 Å². The Kier molecular flexibility index (Phi) is 3.96. The zero-order valence-corrected chi connectivity index (χ0v) is 10.3. The van der Waals surface area contributed by atoms with Gasteiger partial charge in [-0.05, 0) is 36.8 Å². The van der Waals surface area contributed by atoms with E-state index >= 15 is 0 Å². The van der Waals surface area contributed by atoms with Crippen molar-refractivity contribution in [2.45, 2.75) is 25.1 Å². The van der Waals surface area contributed by atoms with Crippen molar-refractivity contribution in [2.24, 2.45) is 5.73 Å². The third-order valence-electron chi connectivity index (χ3n) is 2.42. The Morgan fingerprint density at radius 3 is 3.00 bits per heavy atom. The lowest BCUT2D eigenvalue weighted by Crippen LogP contribution is -2.15. The summed E-state index contributed by atoms with van der Waals surface area (Å²) in [5, 5.41) is 0. The molecule has 0 bridgehead atoms. The van der Waals surface area contributed by atoms with Gasteiger partial charge in [0, 0.05) is 11.8 Å². The Labute approximate surface area is 100 Å². The van der Waals surface area contributed by atoms with Crippen LogP contribution in [0.3, 0.4) is 0 Å². The Balaban J connectivity index is 1.81. The van der Waals surface area contributed by atoms with E-state index in [2.05, 4.69) is 12.1 Å². The SMILES string of the molecule is CC(N)CCSCc1ccc2c(c1)OCO2. The molecule has 0 fully saturated rings. The summed E-state index contributed by atoms with van der Waals surface area (Å²) in [7, 11) is 0. The lowest BCUT2D eigenvalue weighted by atomic mass is 10.2. The molecular formula is C12H17NO2S. The van der Waals surface area contributed by atoms with E-state index in [9.17, 15) is 0 Å². The minimum atomic E-state index is 0.296. The Morgan fingerprint density at radius 2 is 2.19 bits per heavy atom. The maximum atomic E-state index is 5.70. The van der Waals surface area contributed by atoms with Gasteiger partial charge < -0.3 is 15.2 Å². The lowest BCUT2D eigenvalue weighted by molar-refractivity contribution is 0.174. The molecule has 0 saturated heterocycles. The molecule has 1 aliphatic rings. The van der Waals surface area contributed by atoms with Crippen molar-refractivity contribution in [3.05, 3.63) is 23.8 Å². The maximum Gasteiger partial charge on any atom is 0.231 e. The van der Waals surface area contributed by atoms with Crippen LogP contribution >= 0.6 is 11.8 Å². The summed E-state index contributed by atoms with van der Waals surface area (Å²) in [4.78, 5) is 0. The molecule has 2 N–H and O–H groups in total. The molecule has 88 valence electrons. The van der Waals surface area contributed by atoms with E-state index < -0.39 is 0 Å². The maximum absolute atomic E-state index is 5.70. The standard InChI is InChI=1S/C12H17NO2S/c1-9(13)4-5-16-7-10-2-3-11-12(6-10)15-8-14-11/h2-3,6,9H,4-5,7-8,13H2,1H3. The summed E-state index contributed by atoms with van der Waals surface area (Å²) in [5.41, 5.74) is 6.97. The Morgan fingerprint density at radius 1 is 1.38 bits per heavy atom. The van der Waals surface area contributed by atoms with Crippen LogP contribution in [0, 0.1) is 0 Å². The van der Waals surface area contributed by atoms with Crippen molar-refractivity contribution in [3.63, 3.8) is 0 Å². The fraction of sp³-hybridized carbons (Fsp3) is 0.500. The molecule has 1 aromatic rings. The minimum absolute atomic E-state index is 0.296. The predicted octanol–water partition coefficient (Wildman–Crippen LogP) is 2.39. The van der Waals surface area contributed by atoms with Gasteiger partial charge in [0.15, 0.2) is 11.5 Å². The number of rotatable bonds is 5. The summed E-state index contributed by atoms with van der Waals surface area (Å²) >= 11 is 1.90. The van der Waals surface area contributed by atoms with Crippen LogP contribution in [0.1, 0.15) is 18.9 Å². The molecule has 2 rings (SSSR count). The van der Waals surface area contributed by atoms with Crippen molar-refractivity contribution in [1.82, 2.24) is 0 Å². The quantitative estimate of drug-likeness (QED) is 0.801. The van der Waals surface area contributed by atoms with Gasteiger partial charge >= 0.3 is 0 Å². The first-order valence-corrected chi connectivity index (χ1v) is 6.63. The van der Waals surface area contributed by atoms with E-state index in [0.717, 1.165) is 29.4 Å². The summed E-state index contributed by atoms with van der Waals surface area (Å²) in [6, 6.07) is 6.42. The largest absolute Gasteiger partial charge is 0.454 e. The van der Waals surface area contributed by atoms with Crippen molar-refractivity contribution < 1.29 is 9.47 Å². The van der Waals surface area contributed by atoms with E-state index in [-0.39, 0.29) is 0 Å². The number of benzene rings is 1. The van der Waals surface area contributed by atoms with Gasteiger partial charge in [-0.25, -0.2) is 0 Å². The second-order valence-corrected chi connectivity index (χ2v) is 5.11. The fourth-order valence-corrected chi connectivity index (χ4v) is 2.59. The van der Waals surface area contributed by atoms with Gasteiger partial charge in [0.1, 0.15) is 0 Å². The first-order chi connectivity index (χ1) is 7.75. The van der Waals surface area contributed by atoms with E-state index in [1.165, 1.54) is 5.56 Å². The average molecular weight is 239 g/mol. The van der Waals surface area contributed by atoms with Gasteiger partial charge in [-0.1, -0.05) is 6.07 Å². The minimum Gasteiger partial charge on any atom is -0.454 e. The molecule has 1 aliphatic heterocycles. The van der Waals surface area contributed by atoms with Crippen LogP contribution in [0.2, 0.25) is 0 Å². The Bertz CT molecular complexity index is 355. The van der Waals surface area contributed by atoms with E-state index in [0.29, 0.717) is 12.8 Å². The highest BCUT2D eigenvalue weighted by Gasteiger charge is 2.12. The van der Waals surface area contributed by atoms with Crippen LogP contribution in [0.4, 0.5) is 0 Å². The molecule has 0 aromatic heterocycles. The molecule has 0 saturated carbocycles. The molecule has 0 radical (unpaired) electrons. The van der Waals surface area contributed by atoms with Crippen molar-refractivity contribution >= 4 is 11.8 Å².